The summed E-state index contributed by atoms with van der Waals surface area (Å²) in [6.45, 7) is 7.27. The Balaban J connectivity index is 1.41. The molecule has 32 heavy (non-hydrogen) atoms. The fourth-order valence-electron chi connectivity index (χ4n) is 5.42. The van der Waals surface area contributed by atoms with E-state index in [1.54, 1.807) is 0 Å². The summed E-state index contributed by atoms with van der Waals surface area (Å²) >= 11 is 0. The smallest absolute Gasteiger partial charge is 0.237 e. The van der Waals surface area contributed by atoms with Crippen LogP contribution in [0.4, 0.5) is 5.82 Å². The molecule has 0 unspecified atom stereocenters. The summed E-state index contributed by atoms with van der Waals surface area (Å²) in [5, 5.41) is 0. The highest BCUT2D eigenvalue weighted by molar-refractivity contribution is 5.79. The maximum Gasteiger partial charge on any atom is 0.237 e. The molecule has 0 aliphatic carbocycles. The summed E-state index contributed by atoms with van der Waals surface area (Å²) in [6, 6.07) is 6.05. The Kier molecular flexibility index (Phi) is 6.35. The van der Waals surface area contributed by atoms with Crippen molar-refractivity contribution in [1.29, 1.82) is 0 Å². The van der Waals surface area contributed by atoms with Crippen LogP contribution in [0.25, 0.3) is 0 Å². The Morgan fingerprint density at radius 3 is 2.69 bits per heavy atom. The number of nitrogens with zero attached hydrogens (tertiary/aromatic N) is 6. The number of amides is 1. The Hall–Kier alpha value is -2.54. The van der Waals surface area contributed by atoms with Crippen molar-refractivity contribution < 1.29 is 4.79 Å². The lowest BCUT2D eigenvalue weighted by Gasteiger charge is -2.37. The van der Waals surface area contributed by atoms with Crippen molar-refractivity contribution in [2.24, 2.45) is 0 Å². The molecule has 2 fully saturated rings. The highest BCUT2D eigenvalue weighted by Gasteiger charge is 2.33. The molecule has 0 bridgehead atoms. The summed E-state index contributed by atoms with van der Waals surface area (Å²) in [5.74, 6) is 2.10. The van der Waals surface area contributed by atoms with Crippen molar-refractivity contribution in [3.63, 3.8) is 0 Å². The maximum atomic E-state index is 13.2. The molecule has 1 atom stereocenters. The van der Waals surface area contributed by atoms with E-state index in [-0.39, 0.29) is 11.9 Å². The van der Waals surface area contributed by atoms with E-state index in [9.17, 15) is 4.79 Å². The van der Waals surface area contributed by atoms with Crippen LogP contribution in [0.15, 0.2) is 24.4 Å². The number of piperidine rings is 1. The molecule has 1 amide bonds. The van der Waals surface area contributed by atoms with Gasteiger partial charge in [0.15, 0.2) is 5.82 Å². The molecule has 5 rings (SSSR count). The minimum Gasteiger partial charge on any atom is -0.350 e. The van der Waals surface area contributed by atoms with Crippen molar-refractivity contribution >= 4 is 11.7 Å². The van der Waals surface area contributed by atoms with Gasteiger partial charge in [-0.2, -0.15) is 0 Å². The lowest BCUT2D eigenvalue weighted by Crippen LogP contribution is -2.44. The molecule has 2 aromatic heterocycles. The Bertz CT molecular complexity index is 943. The highest BCUT2D eigenvalue weighted by atomic mass is 16.2. The maximum absolute atomic E-state index is 13.2. The SMILES string of the molecule is Cc1nc([C@@H]2CCCCN2C(=O)CN2CCCC2)nc2c1CCCN2Cc1ccccn1. The second kappa shape index (κ2) is 9.53. The van der Waals surface area contributed by atoms with Gasteiger partial charge in [-0.15, -0.1) is 0 Å². The van der Waals surface area contributed by atoms with Crippen molar-refractivity contribution in [1.82, 2.24) is 24.8 Å². The van der Waals surface area contributed by atoms with E-state index in [1.165, 1.54) is 18.4 Å². The van der Waals surface area contributed by atoms with Crippen LogP contribution in [0.5, 0.6) is 0 Å². The van der Waals surface area contributed by atoms with Gasteiger partial charge in [-0.3, -0.25) is 14.7 Å². The summed E-state index contributed by atoms with van der Waals surface area (Å²) < 4.78 is 0. The van der Waals surface area contributed by atoms with Gasteiger partial charge < -0.3 is 9.80 Å². The quantitative estimate of drug-likeness (QED) is 0.720. The number of anilines is 1. The van der Waals surface area contributed by atoms with Crippen LogP contribution >= 0.6 is 0 Å². The molecule has 7 heteroatoms. The minimum atomic E-state index is -0.0125. The molecule has 0 radical (unpaired) electrons. The number of hydrogen-bond donors (Lipinski definition) is 0. The van der Waals surface area contributed by atoms with Crippen molar-refractivity contribution in [3.05, 3.63) is 47.2 Å². The number of carbonyl (C=O) groups excluding carboxylic acids is 1. The number of aromatic nitrogens is 3. The van der Waals surface area contributed by atoms with E-state index < -0.39 is 0 Å². The number of rotatable bonds is 5. The van der Waals surface area contributed by atoms with Crippen LogP contribution < -0.4 is 4.90 Å². The van der Waals surface area contributed by atoms with Crippen LogP contribution in [0.3, 0.4) is 0 Å². The summed E-state index contributed by atoms with van der Waals surface area (Å²) in [4.78, 5) is 34.5. The first-order chi connectivity index (χ1) is 15.7. The second-order valence-electron chi connectivity index (χ2n) is 9.40. The molecule has 0 N–H and O–H groups in total. The largest absolute Gasteiger partial charge is 0.350 e. The molecule has 170 valence electrons. The number of aryl methyl sites for hydroxylation is 1. The van der Waals surface area contributed by atoms with Gasteiger partial charge in [-0.05, 0) is 77.1 Å². The molecule has 0 aromatic carbocycles. The number of carbonyl (C=O) groups is 1. The monoisotopic (exact) mass is 434 g/mol. The van der Waals surface area contributed by atoms with Crippen molar-refractivity contribution in [3.8, 4) is 0 Å². The zero-order valence-electron chi connectivity index (χ0n) is 19.2. The Labute approximate surface area is 190 Å². The molecular weight excluding hydrogens is 400 g/mol. The molecule has 2 aromatic rings. The fourth-order valence-corrected chi connectivity index (χ4v) is 5.42. The van der Waals surface area contributed by atoms with Gasteiger partial charge in [0.1, 0.15) is 5.82 Å². The van der Waals surface area contributed by atoms with Crippen LogP contribution in [-0.2, 0) is 17.8 Å². The molecule has 3 aliphatic heterocycles. The first-order valence-corrected chi connectivity index (χ1v) is 12.2. The first-order valence-electron chi connectivity index (χ1n) is 12.2. The number of fused-ring (bicyclic) bond motifs is 1. The highest BCUT2D eigenvalue weighted by Crippen LogP contribution is 2.34. The van der Waals surface area contributed by atoms with Crippen LogP contribution in [0.2, 0.25) is 0 Å². The van der Waals surface area contributed by atoms with Gasteiger partial charge in [-0.1, -0.05) is 6.07 Å². The number of pyridine rings is 1. The minimum absolute atomic E-state index is 0.0125. The van der Waals surface area contributed by atoms with Gasteiger partial charge in [0, 0.05) is 30.5 Å². The van der Waals surface area contributed by atoms with Gasteiger partial charge in [0.25, 0.3) is 0 Å². The van der Waals surface area contributed by atoms with Gasteiger partial charge in [0.2, 0.25) is 5.91 Å². The fraction of sp³-hybridized carbons (Fsp3) is 0.600. The third kappa shape index (κ3) is 4.49. The van der Waals surface area contributed by atoms with Crippen LogP contribution in [-0.4, -0.2) is 63.4 Å². The first kappa shape index (κ1) is 21.3. The molecule has 5 heterocycles. The topological polar surface area (TPSA) is 65.5 Å². The molecule has 0 spiro atoms. The Morgan fingerprint density at radius 1 is 1.03 bits per heavy atom. The van der Waals surface area contributed by atoms with E-state index in [4.69, 9.17) is 9.97 Å². The van der Waals surface area contributed by atoms with E-state index in [0.717, 1.165) is 87.9 Å². The average Bonchev–Trinajstić information content (AvgIpc) is 3.33. The molecule has 7 nitrogen and oxygen atoms in total. The van der Waals surface area contributed by atoms with Crippen molar-refractivity contribution in [2.45, 2.75) is 64.5 Å². The predicted octanol–water partition coefficient (Wildman–Crippen LogP) is 3.28. The van der Waals surface area contributed by atoms with Gasteiger partial charge in [0.05, 0.1) is 24.8 Å². The predicted molar refractivity (Wildman–Crippen MR) is 124 cm³/mol. The average molecular weight is 435 g/mol. The summed E-state index contributed by atoms with van der Waals surface area (Å²) in [6.07, 6.45) is 9.52. The zero-order chi connectivity index (χ0) is 21.9. The van der Waals surface area contributed by atoms with Gasteiger partial charge >= 0.3 is 0 Å². The summed E-state index contributed by atoms with van der Waals surface area (Å²) in [5.41, 5.74) is 3.37. The lowest BCUT2D eigenvalue weighted by molar-refractivity contribution is -0.136. The summed E-state index contributed by atoms with van der Waals surface area (Å²) in [7, 11) is 0. The third-order valence-electron chi connectivity index (χ3n) is 7.12. The normalized spacial score (nSPS) is 21.6. The molecule has 2 saturated heterocycles. The van der Waals surface area contributed by atoms with E-state index in [1.807, 2.05) is 18.3 Å². The number of likely N-dealkylation sites (tertiary alicyclic amines) is 2. The van der Waals surface area contributed by atoms with E-state index >= 15 is 0 Å². The third-order valence-corrected chi connectivity index (χ3v) is 7.12. The molecule has 3 aliphatic rings. The van der Waals surface area contributed by atoms with Gasteiger partial charge in [-0.25, -0.2) is 9.97 Å². The van der Waals surface area contributed by atoms with Crippen LogP contribution in [0, 0.1) is 6.92 Å². The Morgan fingerprint density at radius 2 is 1.88 bits per heavy atom. The van der Waals surface area contributed by atoms with Crippen molar-refractivity contribution in [2.75, 3.05) is 37.6 Å². The van der Waals surface area contributed by atoms with Crippen LogP contribution in [0.1, 0.15) is 67.3 Å². The molecule has 0 saturated carbocycles. The lowest BCUT2D eigenvalue weighted by atomic mass is 9.99. The second-order valence-corrected chi connectivity index (χ2v) is 9.40. The van der Waals surface area contributed by atoms with E-state index in [2.05, 4.69) is 32.7 Å². The number of hydrogen-bond acceptors (Lipinski definition) is 6. The molecular formula is C25H34N6O. The van der Waals surface area contributed by atoms with E-state index in [0.29, 0.717) is 6.54 Å². The zero-order valence-corrected chi connectivity index (χ0v) is 19.2. The standard InChI is InChI=1S/C25H34N6O/c1-19-21-10-8-15-30(17-20-9-2-4-12-26-20)25(21)28-24(27-19)22-11-3-5-16-31(22)23(32)18-29-13-6-7-14-29/h2,4,9,12,22H,3,5-8,10-11,13-18H2,1H3/t22-/m0/s1.